The molecule has 7 N–H and O–H groups in total. The molecular weight excluding hydrogens is 986 g/mol. The molecule has 73 heavy (non-hydrogen) atoms. The fraction of sp³-hybridized carbons (Fsp3) is 0.542. The molecule has 396 valence electrons. The third-order valence-electron chi connectivity index (χ3n) is 12.9. The van der Waals surface area contributed by atoms with Crippen LogP contribution in [0.1, 0.15) is 78.4 Å². The number of carbonyl (C=O) groups excluding carboxylic acids is 8. The van der Waals surface area contributed by atoms with E-state index in [1.54, 1.807) is 58.0 Å². The minimum Gasteiger partial charge on any atom is -0.726 e. The SMILES string of the molecule is C/C=C1\NC(=O)[C@@H](NC(=O)[C@@H](NC(=O)[C@@H](COS(=O)(=O)[O-])OC)[C@@H](C)CC)[C@@H](C)OC(=O)[C@H]([C@@H](C)CC)NC(=O)[C@H](Cc2ccc(O)cc2)N(C)C(=O)[C@H](Cc2ccccc2)N2C(=O)[C@H](CC[C@H]2O)NC1=O.[Na+]. The summed E-state index contributed by atoms with van der Waals surface area (Å²) in [4.78, 5) is 117. The van der Waals surface area contributed by atoms with Gasteiger partial charge in [0.15, 0.2) is 6.10 Å². The van der Waals surface area contributed by atoms with Crippen molar-refractivity contribution >= 4 is 57.7 Å². The first-order valence-electron chi connectivity index (χ1n) is 23.6. The van der Waals surface area contributed by atoms with E-state index in [0.717, 1.165) is 16.9 Å². The van der Waals surface area contributed by atoms with E-state index in [1.807, 2.05) is 0 Å². The van der Waals surface area contributed by atoms with Crippen molar-refractivity contribution in [3.05, 3.63) is 77.5 Å². The van der Waals surface area contributed by atoms with E-state index in [1.165, 1.54) is 51.2 Å². The largest absolute Gasteiger partial charge is 1.00 e. The minimum absolute atomic E-state index is 0. The van der Waals surface area contributed by atoms with Crippen LogP contribution in [0.15, 0.2) is 66.4 Å². The molecule has 2 bridgehead atoms. The maximum absolute atomic E-state index is 15.0. The van der Waals surface area contributed by atoms with Crippen LogP contribution in [0.3, 0.4) is 0 Å². The molecule has 0 saturated carbocycles. The molecule has 0 aromatic heterocycles. The molecule has 2 aromatic rings. The number of nitrogens with one attached hydrogen (secondary N) is 5. The number of aliphatic hydroxyl groups excluding tert-OH is 1. The van der Waals surface area contributed by atoms with Crippen LogP contribution in [0.2, 0.25) is 0 Å². The third-order valence-corrected chi connectivity index (χ3v) is 13.3. The second-order valence-corrected chi connectivity index (χ2v) is 18.9. The molecule has 2 heterocycles. The van der Waals surface area contributed by atoms with Gasteiger partial charge in [-0.05, 0) is 61.8 Å². The van der Waals surface area contributed by atoms with Gasteiger partial charge in [0.2, 0.25) is 34.0 Å². The Morgan fingerprint density at radius 2 is 1.52 bits per heavy atom. The fourth-order valence-corrected chi connectivity index (χ4v) is 8.41. The fourth-order valence-electron chi connectivity index (χ4n) is 8.12. The number of piperidine rings is 1. The van der Waals surface area contributed by atoms with E-state index in [2.05, 4.69) is 30.8 Å². The summed E-state index contributed by atoms with van der Waals surface area (Å²) in [6.45, 7) is 8.22. The van der Waals surface area contributed by atoms with Gasteiger partial charge in [0.05, 0.1) is 0 Å². The van der Waals surface area contributed by atoms with Gasteiger partial charge in [0.1, 0.15) is 66.6 Å². The summed E-state index contributed by atoms with van der Waals surface area (Å²) in [6, 6.07) is 5.42. The Balaban J connectivity index is 0.0000141. The molecule has 2 aliphatic rings. The summed E-state index contributed by atoms with van der Waals surface area (Å²) >= 11 is 0. The van der Waals surface area contributed by atoms with Crippen molar-refractivity contribution in [2.24, 2.45) is 11.8 Å². The van der Waals surface area contributed by atoms with Gasteiger partial charge in [-0.1, -0.05) is 89.1 Å². The van der Waals surface area contributed by atoms with Crippen molar-refractivity contribution in [3.8, 4) is 5.75 Å². The number of benzene rings is 2. The number of fused-ring (bicyclic) bond motifs is 2. The van der Waals surface area contributed by atoms with Crippen LogP contribution >= 0.6 is 0 Å². The predicted molar refractivity (Wildman–Crippen MR) is 255 cm³/mol. The van der Waals surface area contributed by atoms with Crippen molar-refractivity contribution in [2.45, 2.75) is 135 Å². The first kappa shape index (κ1) is 61.8. The molecule has 0 radical (unpaired) electrons. The average molecular weight is 1050 g/mol. The molecule has 4 rings (SSSR count). The zero-order valence-electron chi connectivity index (χ0n) is 42.5. The maximum Gasteiger partial charge on any atom is 1.00 e. The number of ether oxygens (including phenoxy) is 2. The first-order chi connectivity index (χ1) is 33.9. The summed E-state index contributed by atoms with van der Waals surface area (Å²) in [5.41, 5.74) is 0.641. The third kappa shape index (κ3) is 17.0. The number of phenols is 1. The van der Waals surface area contributed by atoms with Gasteiger partial charge in [-0.25, -0.2) is 13.2 Å². The monoisotopic (exact) mass is 1050 g/mol. The number of amides is 7. The zero-order valence-corrected chi connectivity index (χ0v) is 45.3. The summed E-state index contributed by atoms with van der Waals surface area (Å²) in [5, 5.41) is 34.2. The summed E-state index contributed by atoms with van der Waals surface area (Å²) in [6.07, 6.45) is -3.63. The number of hydrogen-bond acceptors (Lipinski definition) is 16. The van der Waals surface area contributed by atoms with Gasteiger partial charge in [-0.15, -0.1) is 0 Å². The van der Waals surface area contributed by atoms with Gasteiger partial charge in [0.25, 0.3) is 17.7 Å². The molecule has 23 nitrogen and oxygen atoms in total. The van der Waals surface area contributed by atoms with Crippen LogP contribution in [0.25, 0.3) is 0 Å². The van der Waals surface area contributed by atoms with Crippen molar-refractivity contribution in [3.63, 3.8) is 0 Å². The van der Waals surface area contributed by atoms with Crippen molar-refractivity contribution in [1.82, 2.24) is 36.4 Å². The quantitative estimate of drug-likeness (QED) is 0.0286. The number of esters is 1. The molecule has 0 unspecified atom stereocenters. The second-order valence-electron chi connectivity index (χ2n) is 17.9. The number of phenolic OH excluding ortho intramolecular Hbond substituents is 1. The molecular formula is C48H66N7NaO16S. The Kier molecular flexibility index (Phi) is 23.9. The van der Waals surface area contributed by atoms with Crippen molar-refractivity contribution in [2.75, 3.05) is 20.8 Å². The van der Waals surface area contributed by atoms with Gasteiger partial charge >= 0.3 is 35.5 Å². The van der Waals surface area contributed by atoms with Crippen LogP contribution in [0.5, 0.6) is 5.75 Å². The van der Waals surface area contributed by atoms with E-state index >= 15 is 4.79 Å². The van der Waals surface area contributed by atoms with Crippen LogP contribution < -0.4 is 56.1 Å². The van der Waals surface area contributed by atoms with Gasteiger partial charge in [-0.2, -0.15) is 0 Å². The Morgan fingerprint density at radius 3 is 2.10 bits per heavy atom. The Bertz CT molecular complexity index is 2410. The van der Waals surface area contributed by atoms with Gasteiger partial charge in [-0.3, -0.25) is 37.7 Å². The Hall–Kier alpha value is -5.47. The molecule has 2 saturated heterocycles. The topological polar surface area (TPSA) is 329 Å². The Morgan fingerprint density at radius 1 is 0.904 bits per heavy atom. The van der Waals surface area contributed by atoms with Gasteiger partial charge < -0.3 is 60.6 Å². The first-order valence-corrected chi connectivity index (χ1v) is 24.9. The number of allylic oxidation sites excluding steroid dienone is 1. The van der Waals surface area contributed by atoms with E-state index < -0.39 is 137 Å². The zero-order chi connectivity index (χ0) is 53.6. The number of aromatic hydroxyl groups is 1. The van der Waals surface area contributed by atoms with Crippen molar-refractivity contribution < 1.29 is 105 Å². The molecule has 11 atom stereocenters. The molecule has 25 heteroatoms. The van der Waals surface area contributed by atoms with E-state index in [9.17, 15) is 56.7 Å². The summed E-state index contributed by atoms with van der Waals surface area (Å²) < 4.78 is 48.5. The number of rotatable bonds is 16. The van der Waals surface area contributed by atoms with E-state index in [4.69, 9.17) is 9.47 Å². The van der Waals surface area contributed by atoms with Crippen LogP contribution in [-0.4, -0.2) is 156 Å². The normalized spacial score (nSPS) is 25.0. The second kappa shape index (κ2) is 28.3. The van der Waals surface area contributed by atoms with E-state index in [0.29, 0.717) is 11.1 Å². The predicted octanol–water partition coefficient (Wildman–Crippen LogP) is -3.19. The van der Waals surface area contributed by atoms with E-state index in [-0.39, 0.29) is 73.8 Å². The average Bonchev–Trinajstić information content (AvgIpc) is 3.34. The van der Waals surface area contributed by atoms with Crippen LogP contribution in [-0.2, 0) is 75.3 Å². The molecule has 0 aliphatic carbocycles. The minimum atomic E-state index is -5.25. The molecule has 2 fully saturated rings. The summed E-state index contributed by atoms with van der Waals surface area (Å²) in [5.74, 6) is -9.19. The van der Waals surface area contributed by atoms with Crippen LogP contribution in [0.4, 0.5) is 0 Å². The smallest absolute Gasteiger partial charge is 0.726 e. The maximum atomic E-state index is 15.0. The number of likely N-dealkylation sites (N-methyl/N-ethyl adjacent to an activating group) is 1. The summed E-state index contributed by atoms with van der Waals surface area (Å²) in [7, 11) is -2.88. The van der Waals surface area contributed by atoms with Crippen molar-refractivity contribution in [1.29, 1.82) is 0 Å². The number of hydrogen-bond donors (Lipinski definition) is 7. The van der Waals surface area contributed by atoms with Crippen LogP contribution in [0, 0.1) is 11.8 Å². The number of cyclic esters (lactones) is 1. The molecule has 2 aromatic carbocycles. The molecule has 7 amide bonds. The number of aliphatic hydroxyl groups is 1. The Labute approximate surface area is 447 Å². The molecule has 0 spiro atoms. The van der Waals surface area contributed by atoms with Gasteiger partial charge in [0, 0.05) is 27.0 Å². The number of carbonyl (C=O) groups is 8. The molecule has 2 aliphatic heterocycles. The number of methoxy groups -OCH3 is 1. The number of nitrogens with zero attached hydrogens (tertiary/aromatic N) is 2. The standard InChI is InChI=1S/C48H67N7O16S.Na/c1-9-26(4)38(51-43(60)36(69-8)25-70-72(66,67)68)44(61)53-40-28(6)71-48(65)39(27(5)10-2)52-42(59)34(23-30-17-19-31(56)20-18-30)54(7)47(64)35(24-29-15-13-12-14-16-29)55-37(57)22-21-33(46(55)63)50-41(58)32(11-3)49-45(40)62;/h11-20,26-28,33-40,56-57H,9-10,21-25H2,1-8H3,(H,49,62)(H,50,58)(H,51,60)(H,52,59)(H,53,61)(H,66,67,68);/q;+1/p-1/b32-11-;/t26-,27-,28+,33-,34-,35-,36+,37+,38-,39-,40-;/m0./s1.